The molecule has 0 atom stereocenters. The van der Waals surface area contributed by atoms with Gasteiger partial charge in [-0.2, -0.15) is 0 Å². The first-order chi connectivity index (χ1) is 22.6. The van der Waals surface area contributed by atoms with Crippen LogP contribution in [0, 0.1) is 11.6 Å². The maximum Gasteiger partial charge on any atom is 0.335 e. The summed E-state index contributed by atoms with van der Waals surface area (Å²) in [6.07, 6.45) is 1.55. The minimum Gasteiger partial charge on any atom is -0.493 e. The molecule has 2 N–H and O–H groups in total. The predicted octanol–water partition coefficient (Wildman–Crippen LogP) is 5.28. The summed E-state index contributed by atoms with van der Waals surface area (Å²) in [7, 11) is 1.47. The van der Waals surface area contributed by atoms with E-state index in [1.54, 1.807) is 18.2 Å². The summed E-state index contributed by atoms with van der Waals surface area (Å²) < 4.78 is 45.4. The van der Waals surface area contributed by atoms with E-state index in [1.165, 1.54) is 42.3 Å². The van der Waals surface area contributed by atoms with Gasteiger partial charge < -0.3 is 24.6 Å². The Morgan fingerprint density at radius 2 is 1.79 bits per heavy atom. The molecule has 10 nitrogen and oxygen atoms in total. The summed E-state index contributed by atoms with van der Waals surface area (Å²) in [5, 5.41) is 11.7. The highest BCUT2D eigenvalue weighted by molar-refractivity contribution is 8.26. The number of nitrogens with zero attached hydrogens (tertiary/aromatic N) is 2. The first-order valence-corrected chi connectivity index (χ1v) is 15.8. The molecule has 0 radical (unpaired) electrons. The maximum absolute atomic E-state index is 14.2. The molecular formula is C33H31F2N3O7S2. The number of carbonyl (C=O) groups is 3. The molecule has 5 rings (SSSR count). The van der Waals surface area contributed by atoms with E-state index in [0.29, 0.717) is 60.2 Å². The molecule has 0 spiro atoms. The van der Waals surface area contributed by atoms with Crippen molar-refractivity contribution in [3.05, 3.63) is 82.3 Å². The average molecular weight is 684 g/mol. The van der Waals surface area contributed by atoms with Crippen molar-refractivity contribution in [3.8, 4) is 22.6 Å². The zero-order chi connectivity index (χ0) is 33.5. The number of carbonyl (C=O) groups excluding carboxylic acids is 2. The van der Waals surface area contributed by atoms with Gasteiger partial charge in [-0.25, -0.2) is 13.6 Å². The number of carboxylic acid groups (broad SMARTS) is 1. The molecule has 0 saturated carbocycles. The minimum atomic E-state index is -1.08. The number of nitrogens with one attached hydrogen (secondary N) is 1. The van der Waals surface area contributed by atoms with Crippen molar-refractivity contribution in [2.24, 2.45) is 0 Å². The molecule has 2 saturated heterocycles. The highest BCUT2D eigenvalue weighted by Crippen LogP contribution is 2.41. The number of carboxylic acids is 1. The SMILES string of the molecule is COc1cc(-c2ccc(F)c(F)c2)cc(C=C2SC(=S)N(CCC(=O)Nc3ccc(C(=O)O)cc3)C2=O)c1OCCN1CCOCC1. The Hall–Kier alpha value is -4.37. The third-order valence-corrected chi connectivity index (χ3v) is 8.83. The number of anilines is 1. The quantitative estimate of drug-likeness (QED) is 0.193. The molecule has 2 aliphatic rings. The number of morpholine rings is 1. The van der Waals surface area contributed by atoms with E-state index in [2.05, 4.69) is 10.2 Å². The van der Waals surface area contributed by atoms with Crippen LogP contribution in [0.5, 0.6) is 11.5 Å². The van der Waals surface area contributed by atoms with E-state index < -0.39 is 23.5 Å². The number of rotatable bonds is 12. The van der Waals surface area contributed by atoms with Gasteiger partial charge in [0.1, 0.15) is 10.9 Å². The highest BCUT2D eigenvalue weighted by atomic mass is 32.2. The van der Waals surface area contributed by atoms with Crippen LogP contribution in [0.25, 0.3) is 17.2 Å². The number of ether oxygens (including phenoxy) is 3. The smallest absolute Gasteiger partial charge is 0.335 e. The molecule has 0 bridgehead atoms. The number of amides is 2. The van der Waals surface area contributed by atoms with Crippen LogP contribution in [0.3, 0.4) is 0 Å². The van der Waals surface area contributed by atoms with Gasteiger partial charge in [-0.15, -0.1) is 0 Å². The molecule has 2 heterocycles. The number of halogens is 2. The second-order valence-electron chi connectivity index (χ2n) is 10.5. The van der Waals surface area contributed by atoms with Gasteiger partial charge >= 0.3 is 5.97 Å². The van der Waals surface area contributed by atoms with Gasteiger partial charge in [0.25, 0.3) is 5.91 Å². The lowest BCUT2D eigenvalue weighted by atomic mass is 10.0. The molecule has 246 valence electrons. The summed E-state index contributed by atoms with van der Waals surface area (Å²) in [6, 6.07) is 12.6. The van der Waals surface area contributed by atoms with Crippen LogP contribution >= 0.6 is 24.0 Å². The van der Waals surface area contributed by atoms with Crippen molar-refractivity contribution in [3.63, 3.8) is 0 Å². The Morgan fingerprint density at radius 3 is 2.47 bits per heavy atom. The van der Waals surface area contributed by atoms with Crippen molar-refractivity contribution in [2.45, 2.75) is 6.42 Å². The lowest BCUT2D eigenvalue weighted by Gasteiger charge is -2.26. The van der Waals surface area contributed by atoms with Crippen LogP contribution in [0.1, 0.15) is 22.3 Å². The van der Waals surface area contributed by atoms with Crippen LogP contribution in [0.2, 0.25) is 0 Å². The number of thiocarbonyl (C=S) groups is 1. The molecule has 14 heteroatoms. The standard InChI is InChI=1S/C33H31F2N3O7S2/c1-43-27-18-22(21-4-7-25(34)26(35)17-21)16-23(30(27)45-15-12-37-10-13-44-14-11-37)19-28-31(40)38(33(46)47-28)9-8-29(39)36-24-5-2-20(3-6-24)32(41)42/h2-7,16-19H,8-15H2,1H3,(H,36,39)(H,41,42). The molecule has 47 heavy (non-hydrogen) atoms. The Balaban J connectivity index is 1.36. The summed E-state index contributed by atoms with van der Waals surface area (Å²) in [5.74, 6) is -3.14. The van der Waals surface area contributed by atoms with E-state index in [1.807, 2.05) is 0 Å². The fourth-order valence-corrected chi connectivity index (χ4v) is 6.25. The first-order valence-electron chi connectivity index (χ1n) is 14.6. The van der Waals surface area contributed by atoms with Crippen molar-refractivity contribution in [1.82, 2.24) is 9.80 Å². The number of aromatic carboxylic acids is 1. The minimum absolute atomic E-state index is 0.0160. The van der Waals surface area contributed by atoms with Crippen molar-refractivity contribution in [2.75, 3.05) is 58.4 Å². The first kappa shape index (κ1) is 34.0. The second kappa shape index (κ2) is 15.5. The normalized spacial score (nSPS) is 16.1. The Bertz CT molecular complexity index is 1710. The lowest BCUT2D eigenvalue weighted by molar-refractivity contribution is -0.122. The summed E-state index contributed by atoms with van der Waals surface area (Å²) >= 11 is 6.54. The summed E-state index contributed by atoms with van der Waals surface area (Å²) in [6.45, 7) is 3.80. The van der Waals surface area contributed by atoms with Gasteiger partial charge in [-0.3, -0.25) is 19.4 Å². The van der Waals surface area contributed by atoms with Crippen molar-refractivity contribution in [1.29, 1.82) is 0 Å². The molecule has 0 aliphatic carbocycles. The molecule has 3 aromatic carbocycles. The van der Waals surface area contributed by atoms with Gasteiger partial charge in [0.05, 0.1) is 30.8 Å². The van der Waals surface area contributed by atoms with Gasteiger partial charge in [-0.05, 0) is 65.7 Å². The fraction of sp³-hybridized carbons (Fsp3) is 0.273. The van der Waals surface area contributed by atoms with E-state index >= 15 is 0 Å². The Kier molecular flexibility index (Phi) is 11.2. The van der Waals surface area contributed by atoms with Crippen LogP contribution in [-0.4, -0.2) is 90.1 Å². The third-order valence-electron chi connectivity index (χ3n) is 7.45. The van der Waals surface area contributed by atoms with Crippen LogP contribution < -0.4 is 14.8 Å². The topological polar surface area (TPSA) is 118 Å². The Morgan fingerprint density at radius 1 is 1.04 bits per heavy atom. The molecular weight excluding hydrogens is 653 g/mol. The zero-order valence-electron chi connectivity index (χ0n) is 25.3. The number of hydrogen-bond donors (Lipinski definition) is 2. The van der Waals surface area contributed by atoms with Crippen LogP contribution in [0.15, 0.2) is 59.5 Å². The summed E-state index contributed by atoms with van der Waals surface area (Å²) in [5.41, 5.74) is 1.88. The van der Waals surface area contributed by atoms with Gasteiger partial charge in [0.15, 0.2) is 23.1 Å². The van der Waals surface area contributed by atoms with E-state index in [9.17, 15) is 23.2 Å². The number of hydrogen-bond acceptors (Lipinski definition) is 9. The van der Waals surface area contributed by atoms with Crippen molar-refractivity contribution >= 4 is 57.8 Å². The highest BCUT2D eigenvalue weighted by Gasteiger charge is 2.33. The molecule has 3 aromatic rings. The van der Waals surface area contributed by atoms with E-state index in [4.69, 9.17) is 31.5 Å². The monoisotopic (exact) mass is 683 g/mol. The largest absolute Gasteiger partial charge is 0.493 e. The van der Waals surface area contributed by atoms with Gasteiger partial charge in [0.2, 0.25) is 5.91 Å². The van der Waals surface area contributed by atoms with Gasteiger partial charge in [-0.1, -0.05) is 30.0 Å². The predicted molar refractivity (Wildman–Crippen MR) is 178 cm³/mol. The van der Waals surface area contributed by atoms with Crippen LogP contribution in [0.4, 0.5) is 14.5 Å². The number of benzene rings is 3. The maximum atomic E-state index is 14.2. The number of methoxy groups -OCH3 is 1. The molecule has 0 aromatic heterocycles. The third kappa shape index (κ3) is 8.51. The number of thioether (sulfide) groups is 1. The molecule has 2 fully saturated rings. The van der Waals surface area contributed by atoms with Crippen LogP contribution in [-0.2, 0) is 14.3 Å². The summed E-state index contributed by atoms with van der Waals surface area (Å²) in [4.78, 5) is 41.0. The lowest BCUT2D eigenvalue weighted by Crippen LogP contribution is -2.38. The Labute approximate surface area is 279 Å². The van der Waals surface area contributed by atoms with Crippen molar-refractivity contribution < 1.29 is 42.5 Å². The second-order valence-corrected chi connectivity index (χ2v) is 12.2. The molecule has 2 aliphatic heterocycles. The van der Waals surface area contributed by atoms with E-state index in [-0.39, 0.29) is 33.7 Å². The fourth-order valence-electron chi connectivity index (χ4n) is 4.95. The molecule has 0 unspecified atom stereocenters. The zero-order valence-corrected chi connectivity index (χ0v) is 26.9. The average Bonchev–Trinajstić information content (AvgIpc) is 3.33. The van der Waals surface area contributed by atoms with E-state index in [0.717, 1.165) is 37.0 Å². The molecule has 2 amide bonds. The van der Waals surface area contributed by atoms with Gasteiger partial charge in [0, 0.05) is 43.9 Å².